The minimum atomic E-state index is -3.45. The van der Waals surface area contributed by atoms with Gasteiger partial charge >= 0.3 is 0 Å². The molecule has 17 heavy (non-hydrogen) atoms. The molecule has 8 heteroatoms. The standard InChI is InChI=1S/C9H13N5O2S/c15-17(16,9-2-4-11-13-9)12-3-1-6-14-7-5-10-8-14/h2,4-5,7-8,12H,1,3,6H2,(H,11,13). The van der Waals surface area contributed by atoms with E-state index in [1.165, 1.54) is 12.3 Å². The van der Waals surface area contributed by atoms with Gasteiger partial charge < -0.3 is 4.57 Å². The Hall–Kier alpha value is -1.67. The zero-order valence-corrected chi connectivity index (χ0v) is 9.89. The number of imidazole rings is 1. The molecule has 92 valence electrons. The number of H-pyrrole nitrogens is 1. The summed E-state index contributed by atoms with van der Waals surface area (Å²) in [5.74, 6) is 0. The third kappa shape index (κ3) is 3.14. The summed E-state index contributed by atoms with van der Waals surface area (Å²) in [5, 5.41) is 6.10. The quantitative estimate of drug-likeness (QED) is 0.709. The van der Waals surface area contributed by atoms with Gasteiger partial charge in [0.1, 0.15) is 0 Å². The lowest BCUT2D eigenvalue weighted by molar-refractivity contribution is 0.566. The zero-order valence-electron chi connectivity index (χ0n) is 9.07. The van der Waals surface area contributed by atoms with Crippen molar-refractivity contribution in [2.45, 2.75) is 18.0 Å². The average molecular weight is 255 g/mol. The van der Waals surface area contributed by atoms with Crippen LogP contribution in [0, 0.1) is 0 Å². The number of aryl methyl sites for hydroxylation is 1. The summed E-state index contributed by atoms with van der Waals surface area (Å²) < 4.78 is 27.7. The minimum Gasteiger partial charge on any atom is -0.337 e. The summed E-state index contributed by atoms with van der Waals surface area (Å²) in [6.45, 7) is 1.10. The fourth-order valence-electron chi connectivity index (χ4n) is 1.36. The van der Waals surface area contributed by atoms with Gasteiger partial charge in [0, 0.05) is 25.5 Å². The summed E-state index contributed by atoms with van der Waals surface area (Å²) in [6, 6.07) is 1.41. The Labute approximate surface area is 98.9 Å². The van der Waals surface area contributed by atoms with E-state index in [9.17, 15) is 8.42 Å². The molecule has 0 saturated carbocycles. The average Bonchev–Trinajstić information content (AvgIpc) is 2.97. The molecule has 0 aliphatic heterocycles. The first-order valence-corrected chi connectivity index (χ1v) is 6.61. The molecular formula is C9H13N5O2S. The molecule has 7 nitrogen and oxygen atoms in total. The Balaban J connectivity index is 1.79. The molecular weight excluding hydrogens is 242 g/mol. The number of hydrogen-bond donors (Lipinski definition) is 2. The Morgan fingerprint density at radius 1 is 1.41 bits per heavy atom. The summed E-state index contributed by atoms with van der Waals surface area (Å²) in [4.78, 5) is 3.90. The Bertz CT molecular complexity index is 532. The number of aromatic amines is 1. The second kappa shape index (κ2) is 5.11. The number of hydrogen-bond acceptors (Lipinski definition) is 4. The summed E-state index contributed by atoms with van der Waals surface area (Å²) in [7, 11) is -3.45. The van der Waals surface area contributed by atoms with Crippen LogP contribution in [0.5, 0.6) is 0 Å². The van der Waals surface area contributed by atoms with Crippen LogP contribution < -0.4 is 4.72 Å². The smallest absolute Gasteiger partial charge is 0.257 e. The maximum Gasteiger partial charge on any atom is 0.257 e. The van der Waals surface area contributed by atoms with Gasteiger partial charge in [-0.05, 0) is 12.5 Å². The first-order chi connectivity index (χ1) is 8.18. The van der Waals surface area contributed by atoms with Crippen LogP contribution in [0.4, 0.5) is 0 Å². The van der Waals surface area contributed by atoms with Crippen LogP contribution in [0.15, 0.2) is 36.0 Å². The molecule has 2 aromatic heterocycles. The second-order valence-corrected chi connectivity index (χ2v) is 5.21. The summed E-state index contributed by atoms with van der Waals surface area (Å²) in [5.41, 5.74) is 0. The Morgan fingerprint density at radius 3 is 2.94 bits per heavy atom. The number of sulfonamides is 1. The van der Waals surface area contributed by atoms with Gasteiger partial charge in [-0.1, -0.05) is 0 Å². The van der Waals surface area contributed by atoms with Crippen LogP contribution in [0.2, 0.25) is 0 Å². The van der Waals surface area contributed by atoms with Crippen LogP contribution in [-0.4, -0.2) is 34.7 Å². The minimum absolute atomic E-state index is 0.0835. The van der Waals surface area contributed by atoms with Gasteiger partial charge in [0.15, 0.2) is 5.03 Å². The van der Waals surface area contributed by atoms with E-state index in [4.69, 9.17) is 0 Å². The summed E-state index contributed by atoms with van der Waals surface area (Å²) >= 11 is 0. The topological polar surface area (TPSA) is 92.7 Å². The van der Waals surface area contributed by atoms with E-state index >= 15 is 0 Å². The highest BCUT2D eigenvalue weighted by atomic mass is 32.2. The number of nitrogens with one attached hydrogen (secondary N) is 2. The number of aromatic nitrogens is 4. The fourth-order valence-corrected chi connectivity index (χ4v) is 2.34. The molecule has 0 amide bonds. The molecule has 2 heterocycles. The molecule has 0 aliphatic carbocycles. The zero-order chi connectivity index (χ0) is 12.1. The first-order valence-electron chi connectivity index (χ1n) is 5.13. The van der Waals surface area contributed by atoms with Crippen molar-refractivity contribution in [3.8, 4) is 0 Å². The van der Waals surface area contributed by atoms with E-state index in [1.54, 1.807) is 12.5 Å². The molecule has 0 radical (unpaired) electrons. The molecule has 2 N–H and O–H groups in total. The van der Waals surface area contributed by atoms with Crippen molar-refractivity contribution in [2.75, 3.05) is 6.54 Å². The molecule has 0 bridgehead atoms. The highest BCUT2D eigenvalue weighted by Gasteiger charge is 2.13. The van der Waals surface area contributed by atoms with Crippen molar-refractivity contribution >= 4 is 10.0 Å². The van der Waals surface area contributed by atoms with Crippen molar-refractivity contribution in [3.05, 3.63) is 31.0 Å². The van der Waals surface area contributed by atoms with E-state index < -0.39 is 10.0 Å². The summed E-state index contributed by atoms with van der Waals surface area (Å²) in [6.07, 6.45) is 7.32. The first kappa shape index (κ1) is 11.8. The van der Waals surface area contributed by atoms with Gasteiger partial charge in [-0.2, -0.15) is 5.10 Å². The molecule has 0 unspecified atom stereocenters. The van der Waals surface area contributed by atoms with E-state index in [2.05, 4.69) is 19.9 Å². The molecule has 2 rings (SSSR count). The molecule has 0 aromatic carbocycles. The van der Waals surface area contributed by atoms with Crippen molar-refractivity contribution in [1.29, 1.82) is 0 Å². The monoisotopic (exact) mass is 255 g/mol. The Morgan fingerprint density at radius 2 is 2.29 bits per heavy atom. The molecule has 0 aliphatic rings. The lowest BCUT2D eigenvalue weighted by atomic mass is 10.4. The maximum atomic E-state index is 11.7. The molecule has 0 atom stereocenters. The fraction of sp³-hybridized carbons (Fsp3) is 0.333. The molecule has 0 spiro atoms. The third-order valence-electron chi connectivity index (χ3n) is 2.21. The maximum absolute atomic E-state index is 11.7. The normalized spacial score (nSPS) is 11.8. The predicted molar refractivity (Wildman–Crippen MR) is 60.6 cm³/mol. The van der Waals surface area contributed by atoms with Crippen LogP contribution in [0.1, 0.15) is 6.42 Å². The van der Waals surface area contributed by atoms with Gasteiger partial charge in [0.05, 0.1) is 12.5 Å². The van der Waals surface area contributed by atoms with Crippen molar-refractivity contribution in [2.24, 2.45) is 0 Å². The highest BCUT2D eigenvalue weighted by molar-refractivity contribution is 7.89. The highest BCUT2D eigenvalue weighted by Crippen LogP contribution is 2.02. The lowest BCUT2D eigenvalue weighted by Gasteiger charge is -2.04. The Kier molecular flexibility index (Phi) is 3.55. The molecule has 0 fully saturated rings. The number of nitrogens with zero attached hydrogens (tertiary/aromatic N) is 3. The van der Waals surface area contributed by atoms with Crippen LogP contribution in [0.25, 0.3) is 0 Å². The van der Waals surface area contributed by atoms with Crippen molar-refractivity contribution < 1.29 is 8.42 Å². The predicted octanol–water partition coefficient (Wildman–Crippen LogP) is -0.0252. The van der Waals surface area contributed by atoms with Gasteiger partial charge in [-0.3, -0.25) is 5.10 Å². The SMILES string of the molecule is O=S(=O)(NCCCn1ccnc1)c1ccn[nH]1. The van der Waals surface area contributed by atoms with Crippen molar-refractivity contribution in [3.63, 3.8) is 0 Å². The van der Waals surface area contributed by atoms with E-state index in [-0.39, 0.29) is 5.03 Å². The van der Waals surface area contributed by atoms with Crippen molar-refractivity contribution in [1.82, 2.24) is 24.5 Å². The van der Waals surface area contributed by atoms with Crippen LogP contribution in [0.3, 0.4) is 0 Å². The molecule has 2 aromatic rings. The number of rotatable bonds is 6. The van der Waals surface area contributed by atoms with Gasteiger partial charge in [0.2, 0.25) is 0 Å². The lowest BCUT2D eigenvalue weighted by Crippen LogP contribution is -2.25. The van der Waals surface area contributed by atoms with E-state index in [0.29, 0.717) is 13.0 Å². The van der Waals surface area contributed by atoms with Gasteiger partial charge in [0.25, 0.3) is 10.0 Å². The molecule has 0 saturated heterocycles. The van der Waals surface area contributed by atoms with E-state index in [0.717, 1.165) is 6.54 Å². The van der Waals surface area contributed by atoms with Crippen LogP contribution >= 0.6 is 0 Å². The van der Waals surface area contributed by atoms with E-state index in [1.807, 2.05) is 10.8 Å². The van der Waals surface area contributed by atoms with Gasteiger partial charge in [-0.15, -0.1) is 0 Å². The second-order valence-electron chi connectivity index (χ2n) is 3.47. The largest absolute Gasteiger partial charge is 0.337 e. The van der Waals surface area contributed by atoms with Crippen LogP contribution in [-0.2, 0) is 16.6 Å². The van der Waals surface area contributed by atoms with Gasteiger partial charge in [-0.25, -0.2) is 18.1 Å². The third-order valence-corrected chi connectivity index (χ3v) is 3.60.